The minimum atomic E-state index is 0.0758. The third-order valence-electron chi connectivity index (χ3n) is 4.34. The van der Waals surface area contributed by atoms with Gasteiger partial charge in [-0.15, -0.1) is 0 Å². The number of hydrogen-bond acceptors (Lipinski definition) is 4. The highest BCUT2D eigenvalue weighted by Crippen LogP contribution is 2.12. The maximum atomic E-state index is 11.9. The Morgan fingerprint density at radius 1 is 1.21 bits per heavy atom. The summed E-state index contributed by atoms with van der Waals surface area (Å²) in [6, 6.07) is 7.88. The first-order valence-corrected chi connectivity index (χ1v) is 8.46. The number of rotatable bonds is 7. The number of carbonyl (C=O) groups is 2. The molecule has 0 radical (unpaired) electrons. The number of nitrogens with one attached hydrogen (secondary N) is 1. The monoisotopic (exact) mass is 333 g/mol. The average molecular weight is 333 g/mol. The molecule has 6 heteroatoms. The topological polar surface area (TPSA) is 61.9 Å². The molecule has 132 valence electrons. The Hall–Kier alpha value is -2.08. The SMILES string of the molecule is COc1cccc(CCNC(=O)CCN2CCN(C(C)=O)CC2)c1. The van der Waals surface area contributed by atoms with Crippen molar-refractivity contribution in [1.82, 2.24) is 15.1 Å². The van der Waals surface area contributed by atoms with Crippen LogP contribution in [0.4, 0.5) is 0 Å². The Morgan fingerprint density at radius 3 is 2.62 bits per heavy atom. The average Bonchev–Trinajstić information content (AvgIpc) is 2.60. The molecule has 1 N–H and O–H groups in total. The predicted molar refractivity (Wildman–Crippen MR) is 93.0 cm³/mol. The summed E-state index contributed by atoms with van der Waals surface area (Å²) in [4.78, 5) is 27.3. The van der Waals surface area contributed by atoms with Crippen LogP contribution in [0.2, 0.25) is 0 Å². The molecule has 2 rings (SSSR count). The summed E-state index contributed by atoms with van der Waals surface area (Å²) in [5, 5.41) is 2.96. The molecule has 6 nitrogen and oxygen atoms in total. The Balaban J connectivity index is 1.61. The highest BCUT2D eigenvalue weighted by atomic mass is 16.5. The van der Waals surface area contributed by atoms with Crippen molar-refractivity contribution in [2.75, 3.05) is 46.4 Å². The summed E-state index contributed by atoms with van der Waals surface area (Å²) >= 11 is 0. The number of carbonyl (C=O) groups excluding carboxylic acids is 2. The molecule has 0 spiro atoms. The number of hydrogen-bond donors (Lipinski definition) is 1. The second-order valence-corrected chi connectivity index (χ2v) is 6.05. The number of piperazine rings is 1. The lowest BCUT2D eigenvalue weighted by Crippen LogP contribution is -2.48. The van der Waals surface area contributed by atoms with Crippen LogP contribution in [-0.2, 0) is 16.0 Å². The summed E-state index contributed by atoms with van der Waals surface area (Å²) in [5.74, 6) is 1.04. The Kier molecular flexibility index (Phi) is 7.06. The number of ether oxygens (including phenoxy) is 1. The van der Waals surface area contributed by atoms with Crippen LogP contribution in [0.15, 0.2) is 24.3 Å². The van der Waals surface area contributed by atoms with E-state index < -0.39 is 0 Å². The van der Waals surface area contributed by atoms with E-state index in [1.54, 1.807) is 14.0 Å². The highest BCUT2D eigenvalue weighted by molar-refractivity contribution is 5.76. The first-order valence-electron chi connectivity index (χ1n) is 8.46. The van der Waals surface area contributed by atoms with Crippen molar-refractivity contribution in [3.8, 4) is 5.75 Å². The van der Waals surface area contributed by atoms with Gasteiger partial charge in [0.2, 0.25) is 11.8 Å². The number of methoxy groups -OCH3 is 1. The molecule has 1 aromatic carbocycles. The third kappa shape index (κ3) is 5.85. The molecule has 2 amide bonds. The standard InChI is InChI=1S/C18H27N3O3/c1-15(22)21-12-10-20(11-13-21)9-7-18(23)19-8-6-16-4-3-5-17(14-16)24-2/h3-5,14H,6-13H2,1-2H3,(H,19,23). The molecule has 0 bridgehead atoms. The Morgan fingerprint density at radius 2 is 1.96 bits per heavy atom. The fraction of sp³-hybridized carbons (Fsp3) is 0.556. The normalized spacial score (nSPS) is 15.2. The summed E-state index contributed by atoms with van der Waals surface area (Å²) in [5.41, 5.74) is 1.15. The molecular weight excluding hydrogens is 306 g/mol. The molecule has 0 saturated carbocycles. The summed E-state index contributed by atoms with van der Waals surface area (Å²) in [6.07, 6.45) is 1.29. The van der Waals surface area contributed by atoms with Gasteiger partial charge < -0.3 is 15.0 Å². The van der Waals surface area contributed by atoms with Crippen molar-refractivity contribution in [2.45, 2.75) is 19.8 Å². The fourth-order valence-electron chi connectivity index (χ4n) is 2.81. The zero-order valence-corrected chi connectivity index (χ0v) is 14.6. The minimum absolute atomic E-state index is 0.0758. The number of amides is 2. The zero-order valence-electron chi connectivity index (χ0n) is 14.6. The highest BCUT2D eigenvalue weighted by Gasteiger charge is 2.18. The van der Waals surface area contributed by atoms with E-state index in [0.717, 1.165) is 50.5 Å². The predicted octanol–water partition coefficient (Wildman–Crippen LogP) is 0.908. The van der Waals surface area contributed by atoms with E-state index in [4.69, 9.17) is 4.74 Å². The van der Waals surface area contributed by atoms with E-state index in [2.05, 4.69) is 10.2 Å². The van der Waals surface area contributed by atoms with Crippen LogP contribution in [0.5, 0.6) is 5.75 Å². The quantitative estimate of drug-likeness (QED) is 0.806. The molecule has 0 aliphatic carbocycles. The van der Waals surface area contributed by atoms with E-state index in [0.29, 0.717) is 13.0 Å². The van der Waals surface area contributed by atoms with Crippen molar-refractivity contribution in [1.29, 1.82) is 0 Å². The second-order valence-electron chi connectivity index (χ2n) is 6.05. The Labute approximate surface area is 143 Å². The van der Waals surface area contributed by atoms with Gasteiger partial charge in [0, 0.05) is 52.6 Å². The molecular formula is C18H27N3O3. The van der Waals surface area contributed by atoms with Gasteiger partial charge in [-0.1, -0.05) is 12.1 Å². The number of benzene rings is 1. The van der Waals surface area contributed by atoms with Crippen molar-refractivity contribution < 1.29 is 14.3 Å². The molecule has 1 aliphatic heterocycles. The molecule has 1 heterocycles. The van der Waals surface area contributed by atoms with Gasteiger partial charge in [-0.25, -0.2) is 0 Å². The molecule has 0 aromatic heterocycles. The lowest BCUT2D eigenvalue weighted by molar-refractivity contribution is -0.131. The molecule has 0 atom stereocenters. The van der Waals surface area contributed by atoms with Gasteiger partial charge >= 0.3 is 0 Å². The molecule has 24 heavy (non-hydrogen) atoms. The van der Waals surface area contributed by atoms with E-state index >= 15 is 0 Å². The van der Waals surface area contributed by atoms with Crippen LogP contribution in [0.25, 0.3) is 0 Å². The summed E-state index contributed by atoms with van der Waals surface area (Å²) < 4.78 is 5.19. The van der Waals surface area contributed by atoms with E-state index in [1.165, 1.54) is 0 Å². The van der Waals surface area contributed by atoms with Crippen LogP contribution < -0.4 is 10.1 Å². The number of nitrogens with zero attached hydrogens (tertiary/aromatic N) is 2. The van der Waals surface area contributed by atoms with E-state index in [9.17, 15) is 9.59 Å². The molecule has 0 unspecified atom stereocenters. The maximum Gasteiger partial charge on any atom is 0.221 e. The van der Waals surface area contributed by atoms with Gasteiger partial charge in [0.15, 0.2) is 0 Å². The van der Waals surface area contributed by atoms with Crippen LogP contribution >= 0.6 is 0 Å². The van der Waals surface area contributed by atoms with Gasteiger partial charge in [0.05, 0.1) is 7.11 Å². The molecule has 1 aromatic rings. The van der Waals surface area contributed by atoms with Gasteiger partial charge in [-0.2, -0.15) is 0 Å². The lowest BCUT2D eigenvalue weighted by Gasteiger charge is -2.34. The van der Waals surface area contributed by atoms with Crippen LogP contribution in [0, 0.1) is 0 Å². The van der Waals surface area contributed by atoms with Crippen molar-refractivity contribution in [2.24, 2.45) is 0 Å². The van der Waals surface area contributed by atoms with Gasteiger partial charge in [-0.05, 0) is 24.1 Å². The largest absolute Gasteiger partial charge is 0.497 e. The fourth-order valence-corrected chi connectivity index (χ4v) is 2.81. The zero-order chi connectivity index (χ0) is 17.4. The Bertz CT molecular complexity index is 554. The first kappa shape index (κ1) is 18.3. The molecule has 1 aliphatic rings. The smallest absolute Gasteiger partial charge is 0.221 e. The third-order valence-corrected chi connectivity index (χ3v) is 4.34. The lowest BCUT2D eigenvalue weighted by atomic mass is 10.1. The minimum Gasteiger partial charge on any atom is -0.497 e. The van der Waals surface area contributed by atoms with E-state index in [-0.39, 0.29) is 11.8 Å². The van der Waals surface area contributed by atoms with Crippen LogP contribution in [0.3, 0.4) is 0 Å². The van der Waals surface area contributed by atoms with E-state index in [1.807, 2.05) is 29.2 Å². The van der Waals surface area contributed by atoms with Crippen molar-refractivity contribution >= 4 is 11.8 Å². The van der Waals surface area contributed by atoms with Crippen molar-refractivity contribution in [3.05, 3.63) is 29.8 Å². The van der Waals surface area contributed by atoms with Crippen LogP contribution in [0.1, 0.15) is 18.9 Å². The van der Waals surface area contributed by atoms with Gasteiger partial charge in [0.25, 0.3) is 0 Å². The molecule has 1 fully saturated rings. The summed E-state index contributed by atoms with van der Waals surface area (Å²) in [7, 11) is 1.65. The van der Waals surface area contributed by atoms with Gasteiger partial charge in [-0.3, -0.25) is 14.5 Å². The van der Waals surface area contributed by atoms with Gasteiger partial charge in [0.1, 0.15) is 5.75 Å². The first-order chi connectivity index (χ1) is 11.6. The van der Waals surface area contributed by atoms with Crippen LogP contribution in [-0.4, -0.2) is 68.0 Å². The maximum absolute atomic E-state index is 11.9. The molecule has 1 saturated heterocycles. The second kappa shape index (κ2) is 9.27. The van der Waals surface area contributed by atoms with Crippen molar-refractivity contribution in [3.63, 3.8) is 0 Å². The summed E-state index contributed by atoms with van der Waals surface area (Å²) in [6.45, 7) is 6.18.